The largest absolute Gasteiger partial charge is 0.493 e. The molecule has 0 saturated carbocycles. The number of ether oxygens (including phenoxy) is 3. The van der Waals surface area contributed by atoms with Gasteiger partial charge in [0.1, 0.15) is 11.6 Å². The Balaban J connectivity index is 3.14. The number of methoxy groups -OCH3 is 2. The van der Waals surface area contributed by atoms with E-state index in [-0.39, 0.29) is 23.0 Å². The molecule has 0 fully saturated rings. The number of hydrogen-bond donors (Lipinski definition) is 1. The summed E-state index contributed by atoms with van der Waals surface area (Å²) in [7, 11) is 0.146. The second-order valence-electron chi connectivity index (χ2n) is 4.13. The standard InChI is InChI=1S/C13H19FO5S/c1-5-19-13(15)8-20(4,16)12-7-11(18-3)10(17-2)6-9(12)14/h6-7,16H,5,8H2,1-4H3. The number of benzene rings is 1. The first-order chi connectivity index (χ1) is 9.35. The van der Waals surface area contributed by atoms with Gasteiger partial charge in [0, 0.05) is 12.1 Å². The van der Waals surface area contributed by atoms with Crippen LogP contribution in [0.25, 0.3) is 0 Å². The molecule has 114 valence electrons. The van der Waals surface area contributed by atoms with Crippen LogP contribution in [-0.2, 0) is 9.53 Å². The molecule has 0 bridgehead atoms. The molecule has 1 rings (SSSR count). The van der Waals surface area contributed by atoms with E-state index in [1.54, 1.807) is 6.92 Å². The first-order valence-corrected chi connectivity index (χ1v) is 8.08. The maximum absolute atomic E-state index is 14.1. The number of hydrogen-bond acceptors (Lipinski definition) is 5. The van der Waals surface area contributed by atoms with Crippen molar-refractivity contribution in [1.29, 1.82) is 0 Å². The van der Waals surface area contributed by atoms with E-state index >= 15 is 0 Å². The molecule has 0 aromatic heterocycles. The van der Waals surface area contributed by atoms with Crippen LogP contribution in [0.2, 0.25) is 0 Å². The van der Waals surface area contributed by atoms with Gasteiger partial charge < -0.3 is 18.8 Å². The second kappa shape index (κ2) is 6.81. The molecule has 1 atom stereocenters. The number of rotatable bonds is 6. The van der Waals surface area contributed by atoms with Crippen molar-refractivity contribution in [2.75, 3.05) is 32.8 Å². The van der Waals surface area contributed by atoms with Crippen molar-refractivity contribution < 1.29 is 27.9 Å². The van der Waals surface area contributed by atoms with E-state index in [1.165, 1.54) is 26.5 Å². The Hall–Kier alpha value is -1.47. The lowest BCUT2D eigenvalue weighted by molar-refractivity contribution is -0.139. The minimum Gasteiger partial charge on any atom is -0.493 e. The van der Waals surface area contributed by atoms with Gasteiger partial charge in [0.05, 0.1) is 25.7 Å². The van der Waals surface area contributed by atoms with Crippen LogP contribution < -0.4 is 9.47 Å². The van der Waals surface area contributed by atoms with Crippen molar-refractivity contribution in [2.45, 2.75) is 11.8 Å². The molecule has 0 spiro atoms. The molecule has 0 aliphatic rings. The molecular weight excluding hydrogens is 287 g/mol. The highest BCUT2D eigenvalue weighted by molar-refractivity contribution is 8.29. The fourth-order valence-electron chi connectivity index (χ4n) is 1.68. The third-order valence-electron chi connectivity index (χ3n) is 2.62. The van der Waals surface area contributed by atoms with E-state index in [2.05, 4.69) is 0 Å². The highest BCUT2D eigenvalue weighted by Gasteiger charge is 2.27. The van der Waals surface area contributed by atoms with Crippen molar-refractivity contribution >= 4 is 16.3 Å². The minimum absolute atomic E-state index is 0.0307. The molecule has 1 unspecified atom stereocenters. The summed E-state index contributed by atoms with van der Waals surface area (Å²) >= 11 is 0. The zero-order valence-electron chi connectivity index (χ0n) is 11.9. The maximum Gasteiger partial charge on any atom is 0.316 e. The zero-order valence-corrected chi connectivity index (χ0v) is 12.8. The SMILES string of the molecule is CCOC(=O)CS(C)(O)c1cc(OC)c(OC)cc1F. The number of carbonyl (C=O) groups is 1. The molecule has 20 heavy (non-hydrogen) atoms. The molecule has 1 N–H and O–H groups in total. The molecule has 0 aliphatic carbocycles. The molecule has 7 heteroatoms. The van der Waals surface area contributed by atoms with Gasteiger partial charge in [-0.3, -0.25) is 4.79 Å². The van der Waals surface area contributed by atoms with E-state index in [4.69, 9.17) is 14.2 Å². The van der Waals surface area contributed by atoms with Gasteiger partial charge in [-0.15, -0.1) is 10.3 Å². The predicted molar refractivity (Wildman–Crippen MR) is 75.4 cm³/mol. The number of carbonyl (C=O) groups excluding carboxylic acids is 1. The molecule has 5 nitrogen and oxygen atoms in total. The Morgan fingerprint density at radius 3 is 2.35 bits per heavy atom. The summed E-state index contributed by atoms with van der Waals surface area (Å²) in [4.78, 5) is 11.5. The highest BCUT2D eigenvalue weighted by Crippen LogP contribution is 2.52. The van der Waals surface area contributed by atoms with Crippen molar-refractivity contribution in [3.63, 3.8) is 0 Å². The molecule has 0 radical (unpaired) electrons. The Labute approximate surface area is 119 Å². The van der Waals surface area contributed by atoms with Gasteiger partial charge in [0.25, 0.3) is 0 Å². The number of esters is 1. The molecule has 0 heterocycles. The third-order valence-corrected chi connectivity index (χ3v) is 4.67. The van der Waals surface area contributed by atoms with Gasteiger partial charge in [-0.25, -0.2) is 4.39 Å². The van der Waals surface area contributed by atoms with Crippen LogP contribution in [0.3, 0.4) is 0 Å². The predicted octanol–water partition coefficient (Wildman–Crippen LogP) is 2.67. The van der Waals surface area contributed by atoms with Crippen molar-refractivity contribution in [1.82, 2.24) is 0 Å². The summed E-state index contributed by atoms with van der Waals surface area (Å²) in [5.41, 5.74) is 0. The molecule has 1 aromatic carbocycles. The van der Waals surface area contributed by atoms with E-state index in [1.807, 2.05) is 0 Å². The maximum atomic E-state index is 14.1. The summed E-state index contributed by atoms with van der Waals surface area (Å²) in [5.74, 6) is -0.970. The first-order valence-electron chi connectivity index (χ1n) is 5.91. The molecule has 1 aromatic rings. The van der Waals surface area contributed by atoms with Gasteiger partial charge in [-0.1, -0.05) is 0 Å². The normalized spacial score (nSPS) is 15.1. The van der Waals surface area contributed by atoms with Crippen LogP contribution in [0.1, 0.15) is 6.92 Å². The number of halogens is 1. The average molecular weight is 306 g/mol. The lowest BCUT2D eigenvalue weighted by Gasteiger charge is -2.29. The van der Waals surface area contributed by atoms with Crippen molar-refractivity contribution in [3.8, 4) is 11.5 Å². The van der Waals surface area contributed by atoms with Gasteiger partial charge in [-0.05, 0) is 13.2 Å². The van der Waals surface area contributed by atoms with E-state index in [9.17, 15) is 13.7 Å². The van der Waals surface area contributed by atoms with Crippen LogP contribution in [-0.4, -0.2) is 43.4 Å². The third kappa shape index (κ3) is 3.77. The summed E-state index contributed by atoms with van der Waals surface area (Å²) in [6.07, 6.45) is 1.42. The molecule has 0 saturated heterocycles. The lowest BCUT2D eigenvalue weighted by Crippen LogP contribution is -2.16. The van der Waals surface area contributed by atoms with Gasteiger partial charge >= 0.3 is 5.97 Å². The van der Waals surface area contributed by atoms with Crippen LogP contribution in [0.15, 0.2) is 17.0 Å². The Morgan fingerprint density at radius 1 is 1.30 bits per heavy atom. The fraction of sp³-hybridized carbons (Fsp3) is 0.462. The average Bonchev–Trinajstić information content (AvgIpc) is 2.37. The van der Waals surface area contributed by atoms with Crippen LogP contribution >= 0.6 is 10.3 Å². The summed E-state index contributed by atoms with van der Waals surface area (Å²) in [6.45, 7) is 1.88. The zero-order chi connectivity index (χ0) is 15.3. The van der Waals surface area contributed by atoms with Crippen molar-refractivity contribution in [3.05, 3.63) is 17.9 Å². The van der Waals surface area contributed by atoms with Crippen LogP contribution in [0.5, 0.6) is 11.5 Å². The first kappa shape index (κ1) is 16.6. The Morgan fingerprint density at radius 2 is 1.85 bits per heavy atom. The lowest BCUT2D eigenvalue weighted by atomic mass is 10.3. The summed E-state index contributed by atoms with van der Waals surface area (Å²) in [5, 5.41) is 0. The molecular formula is C13H19FO5S. The fourth-order valence-corrected chi connectivity index (χ4v) is 3.22. The second-order valence-corrected chi connectivity index (χ2v) is 6.94. The van der Waals surface area contributed by atoms with Crippen LogP contribution in [0.4, 0.5) is 4.39 Å². The quantitative estimate of drug-likeness (QED) is 0.819. The minimum atomic E-state index is -2.66. The molecule has 0 amide bonds. The van der Waals surface area contributed by atoms with E-state index in [0.29, 0.717) is 5.75 Å². The van der Waals surface area contributed by atoms with Gasteiger partial charge in [0.2, 0.25) is 0 Å². The summed E-state index contributed by atoms with van der Waals surface area (Å²) < 4.78 is 39.3. The molecule has 0 aliphatic heterocycles. The van der Waals surface area contributed by atoms with Crippen molar-refractivity contribution in [2.24, 2.45) is 0 Å². The smallest absolute Gasteiger partial charge is 0.316 e. The Kier molecular flexibility index (Phi) is 5.64. The van der Waals surface area contributed by atoms with E-state index < -0.39 is 22.1 Å². The Bertz CT molecular complexity index is 490. The van der Waals surface area contributed by atoms with E-state index in [0.717, 1.165) is 6.07 Å². The summed E-state index contributed by atoms with van der Waals surface area (Å²) in [6, 6.07) is 2.48. The highest BCUT2D eigenvalue weighted by atomic mass is 32.3. The van der Waals surface area contributed by atoms with Gasteiger partial charge in [-0.2, -0.15) is 0 Å². The topological polar surface area (TPSA) is 65.0 Å². The monoisotopic (exact) mass is 306 g/mol. The van der Waals surface area contributed by atoms with Crippen LogP contribution in [0, 0.1) is 5.82 Å². The van der Waals surface area contributed by atoms with Gasteiger partial charge in [0.15, 0.2) is 11.5 Å².